The number of hydrogen-bond donors (Lipinski definition) is 1. The van der Waals surface area contributed by atoms with Crippen LogP contribution in [0.15, 0.2) is 66.7 Å². The summed E-state index contributed by atoms with van der Waals surface area (Å²) in [5.74, 6) is -1.33. The van der Waals surface area contributed by atoms with E-state index in [4.69, 9.17) is 4.74 Å². The molecule has 150 valence electrons. The van der Waals surface area contributed by atoms with Crippen LogP contribution in [-0.2, 0) is 25.1 Å². The number of rotatable bonds is 6. The van der Waals surface area contributed by atoms with Gasteiger partial charge in [-0.25, -0.2) is 13.2 Å². The van der Waals surface area contributed by atoms with E-state index in [1.807, 2.05) is 36.4 Å². The van der Waals surface area contributed by atoms with Crippen LogP contribution in [0.4, 0.5) is 5.69 Å². The molecule has 0 aliphatic heterocycles. The van der Waals surface area contributed by atoms with Gasteiger partial charge in [-0.3, -0.25) is 4.79 Å². The Morgan fingerprint density at radius 2 is 1.69 bits per heavy atom. The van der Waals surface area contributed by atoms with Gasteiger partial charge in [0, 0.05) is 17.3 Å². The van der Waals surface area contributed by atoms with Crippen LogP contribution in [0.25, 0.3) is 10.8 Å². The van der Waals surface area contributed by atoms with E-state index in [-0.39, 0.29) is 11.3 Å². The molecule has 29 heavy (non-hydrogen) atoms. The number of nitrogens with one attached hydrogen (secondary N) is 1. The summed E-state index contributed by atoms with van der Waals surface area (Å²) in [6.45, 7) is 1.48. The number of esters is 1. The van der Waals surface area contributed by atoms with Gasteiger partial charge in [-0.05, 0) is 36.1 Å². The van der Waals surface area contributed by atoms with Crippen LogP contribution < -0.4 is 5.32 Å². The maximum Gasteiger partial charge on any atom is 0.338 e. The molecule has 0 radical (unpaired) electrons. The van der Waals surface area contributed by atoms with Crippen LogP contribution in [0.1, 0.15) is 22.8 Å². The molecule has 0 saturated carbocycles. The Bertz CT molecular complexity index is 1170. The second-order valence-electron chi connectivity index (χ2n) is 6.83. The first kappa shape index (κ1) is 20.5. The summed E-state index contributed by atoms with van der Waals surface area (Å²) in [7, 11) is -3.22. The van der Waals surface area contributed by atoms with Gasteiger partial charge in [-0.1, -0.05) is 48.5 Å². The molecule has 3 rings (SSSR count). The summed E-state index contributed by atoms with van der Waals surface area (Å²) in [6, 6.07) is 19.4. The average molecular weight is 411 g/mol. The highest BCUT2D eigenvalue weighted by Gasteiger charge is 2.20. The molecule has 0 fully saturated rings. The Kier molecular flexibility index (Phi) is 5.98. The highest BCUT2D eigenvalue weighted by Crippen LogP contribution is 2.23. The fourth-order valence-electron chi connectivity index (χ4n) is 2.94. The lowest BCUT2D eigenvalue weighted by atomic mass is 10.1. The first-order chi connectivity index (χ1) is 13.7. The zero-order valence-corrected chi connectivity index (χ0v) is 16.9. The standard InChI is InChI=1S/C22H21NO5S/c1-15(21(24)23-20-12-6-9-17-8-3-4-11-19(17)20)28-22(25)18-10-5-7-16(13-18)14-29(2,26)27/h3-13,15H,14H2,1-2H3,(H,23,24). The molecular weight excluding hydrogens is 390 g/mol. The number of sulfone groups is 1. The number of fused-ring (bicyclic) bond motifs is 1. The molecule has 0 aliphatic carbocycles. The first-order valence-electron chi connectivity index (χ1n) is 8.99. The largest absolute Gasteiger partial charge is 0.449 e. The quantitative estimate of drug-likeness (QED) is 0.627. The summed E-state index contributed by atoms with van der Waals surface area (Å²) in [5, 5.41) is 4.66. The number of ether oxygens (including phenoxy) is 1. The summed E-state index contributed by atoms with van der Waals surface area (Å²) in [6.07, 6.45) is 0.0950. The maximum absolute atomic E-state index is 12.5. The van der Waals surface area contributed by atoms with Crippen molar-refractivity contribution >= 4 is 38.2 Å². The van der Waals surface area contributed by atoms with Gasteiger partial charge in [0.25, 0.3) is 5.91 Å². The highest BCUT2D eigenvalue weighted by molar-refractivity contribution is 7.89. The van der Waals surface area contributed by atoms with Crippen molar-refractivity contribution in [1.29, 1.82) is 0 Å². The third-order valence-electron chi connectivity index (χ3n) is 4.29. The first-order valence-corrected chi connectivity index (χ1v) is 11.1. The number of hydrogen-bond acceptors (Lipinski definition) is 5. The lowest BCUT2D eigenvalue weighted by Gasteiger charge is -2.15. The van der Waals surface area contributed by atoms with Gasteiger partial charge >= 0.3 is 5.97 Å². The van der Waals surface area contributed by atoms with Crippen LogP contribution in [-0.4, -0.2) is 32.7 Å². The van der Waals surface area contributed by atoms with Crippen LogP contribution in [0.2, 0.25) is 0 Å². The molecule has 3 aromatic rings. The molecule has 3 aromatic carbocycles. The second kappa shape index (κ2) is 8.45. The molecule has 0 aromatic heterocycles. The maximum atomic E-state index is 12.5. The van der Waals surface area contributed by atoms with E-state index < -0.39 is 27.8 Å². The molecule has 0 aliphatic rings. The molecule has 0 saturated heterocycles. The summed E-state index contributed by atoms with van der Waals surface area (Å²) in [5.41, 5.74) is 1.30. The van der Waals surface area contributed by atoms with Crippen molar-refractivity contribution in [1.82, 2.24) is 0 Å². The van der Waals surface area contributed by atoms with Gasteiger partial charge in [0.15, 0.2) is 15.9 Å². The number of carbonyl (C=O) groups excluding carboxylic acids is 2. The third kappa shape index (κ3) is 5.42. The van der Waals surface area contributed by atoms with Gasteiger partial charge in [-0.2, -0.15) is 0 Å². The Balaban J connectivity index is 1.69. The predicted octanol–water partition coefficient (Wildman–Crippen LogP) is 3.57. The molecule has 1 amide bonds. The van der Waals surface area contributed by atoms with Gasteiger partial charge in [0.05, 0.1) is 11.3 Å². The van der Waals surface area contributed by atoms with Crippen molar-refractivity contribution in [2.45, 2.75) is 18.8 Å². The predicted molar refractivity (Wildman–Crippen MR) is 112 cm³/mol. The molecule has 0 heterocycles. The van der Waals surface area contributed by atoms with Crippen molar-refractivity contribution in [3.63, 3.8) is 0 Å². The van der Waals surface area contributed by atoms with Crippen LogP contribution >= 0.6 is 0 Å². The van der Waals surface area contributed by atoms with Crippen molar-refractivity contribution < 1.29 is 22.7 Å². The number of carbonyl (C=O) groups is 2. The van der Waals surface area contributed by atoms with E-state index in [2.05, 4.69) is 5.32 Å². The number of amides is 1. The molecule has 1 unspecified atom stereocenters. The van der Waals surface area contributed by atoms with Crippen molar-refractivity contribution in [3.05, 3.63) is 77.9 Å². The average Bonchev–Trinajstić information content (AvgIpc) is 2.67. The molecule has 1 N–H and O–H groups in total. The van der Waals surface area contributed by atoms with Crippen LogP contribution in [0.5, 0.6) is 0 Å². The topological polar surface area (TPSA) is 89.5 Å². The Hall–Kier alpha value is -3.19. The molecule has 6 nitrogen and oxygen atoms in total. The third-order valence-corrected chi connectivity index (χ3v) is 5.15. The minimum absolute atomic E-state index is 0.175. The van der Waals surface area contributed by atoms with Crippen molar-refractivity contribution in [2.75, 3.05) is 11.6 Å². The second-order valence-corrected chi connectivity index (χ2v) is 8.97. The SMILES string of the molecule is CC(OC(=O)c1cccc(CS(C)(=O)=O)c1)C(=O)Nc1cccc2ccccc12. The minimum Gasteiger partial charge on any atom is -0.449 e. The highest BCUT2D eigenvalue weighted by atomic mass is 32.2. The van der Waals surface area contributed by atoms with Gasteiger partial charge in [-0.15, -0.1) is 0 Å². The van der Waals surface area contributed by atoms with E-state index in [1.54, 1.807) is 18.2 Å². The fourth-order valence-corrected chi connectivity index (χ4v) is 3.73. The minimum atomic E-state index is -3.22. The molecule has 1 atom stereocenters. The number of benzene rings is 3. The van der Waals surface area contributed by atoms with Crippen LogP contribution in [0, 0.1) is 0 Å². The van der Waals surface area contributed by atoms with E-state index in [9.17, 15) is 18.0 Å². The Labute approximate surface area is 169 Å². The fraction of sp³-hybridized carbons (Fsp3) is 0.182. The van der Waals surface area contributed by atoms with Crippen molar-refractivity contribution in [3.8, 4) is 0 Å². The number of anilines is 1. The zero-order valence-electron chi connectivity index (χ0n) is 16.1. The van der Waals surface area contributed by atoms with E-state index in [0.717, 1.165) is 17.0 Å². The lowest BCUT2D eigenvalue weighted by molar-refractivity contribution is -0.123. The Morgan fingerprint density at radius 3 is 2.45 bits per heavy atom. The smallest absolute Gasteiger partial charge is 0.338 e. The van der Waals surface area contributed by atoms with Gasteiger partial charge in [0.1, 0.15) is 0 Å². The summed E-state index contributed by atoms with van der Waals surface area (Å²) in [4.78, 5) is 24.9. The van der Waals surface area contributed by atoms with Gasteiger partial charge in [0.2, 0.25) is 0 Å². The summed E-state index contributed by atoms with van der Waals surface area (Å²) < 4.78 is 28.2. The monoisotopic (exact) mass is 411 g/mol. The van der Waals surface area contributed by atoms with Crippen LogP contribution in [0.3, 0.4) is 0 Å². The molecule has 0 spiro atoms. The molecular formula is C22H21NO5S. The Morgan fingerprint density at radius 1 is 1.00 bits per heavy atom. The van der Waals surface area contributed by atoms with E-state index >= 15 is 0 Å². The summed E-state index contributed by atoms with van der Waals surface area (Å²) >= 11 is 0. The normalized spacial score (nSPS) is 12.3. The lowest BCUT2D eigenvalue weighted by Crippen LogP contribution is -2.30. The van der Waals surface area contributed by atoms with Gasteiger partial charge < -0.3 is 10.1 Å². The van der Waals surface area contributed by atoms with E-state index in [1.165, 1.54) is 19.1 Å². The van der Waals surface area contributed by atoms with Crippen molar-refractivity contribution in [2.24, 2.45) is 0 Å². The zero-order chi connectivity index (χ0) is 21.0. The van der Waals surface area contributed by atoms with E-state index in [0.29, 0.717) is 11.3 Å². The molecule has 0 bridgehead atoms. The molecule has 7 heteroatoms.